The molecule has 0 spiro atoms. The zero-order valence-electron chi connectivity index (χ0n) is 23.3. The van der Waals surface area contributed by atoms with Gasteiger partial charge in [0.25, 0.3) is 0 Å². The van der Waals surface area contributed by atoms with Crippen molar-refractivity contribution in [3.8, 4) is 5.75 Å². The molecule has 10 heteroatoms. The van der Waals surface area contributed by atoms with Gasteiger partial charge in [-0.1, -0.05) is 76.6 Å². The summed E-state index contributed by atoms with van der Waals surface area (Å²) in [5.41, 5.74) is -0.0740. The van der Waals surface area contributed by atoms with Gasteiger partial charge in [0, 0.05) is 10.4 Å². The van der Waals surface area contributed by atoms with Crippen LogP contribution in [-0.2, 0) is 27.1 Å². The summed E-state index contributed by atoms with van der Waals surface area (Å²) >= 11 is 3.43. The molecule has 1 aliphatic rings. The molecule has 0 aliphatic heterocycles. The molecular weight excluding hydrogens is 642 g/mol. The van der Waals surface area contributed by atoms with Gasteiger partial charge < -0.3 is 14.8 Å². The van der Waals surface area contributed by atoms with Crippen molar-refractivity contribution in [3.05, 3.63) is 130 Å². The lowest BCUT2D eigenvalue weighted by atomic mass is 9.67. The molecule has 44 heavy (non-hydrogen) atoms. The van der Waals surface area contributed by atoms with Crippen molar-refractivity contribution in [3.63, 3.8) is 0 Å². The molecule has 4 atom stereocenters. The number of esters is 1. The fraction of sp³-hybridized carbons (Fsp3) is 0.235. The first-order valence-electron chi connectivity index (χ1n) is 13.9. The summed E-state index contributed by atoms with van der Waals surface area (Å²) in [6.07, 6.45) is -4.81. The third-order valence-electron chi connectivity index (χ3n) is 7.63. The lowest BCUT2D eigenvalue weighted by Gasteiger charge is -2.40. The normalized spacial score (nSPS) is 20.0. The molecule has 1 saturated carbocycles. The van der Waals surface area contributed by atoms with E-state index in [1.165, 1.54) is 0 Å². The Morgan fingerprint density at radius 2 is 1.52 bits per heavy atom. The molecule has 0 heterocycles. The first-order valence-corrected chi connectivity index (χ1v) is 14.7. The van der Waals surface area contributed by atoms with E-state index < -0.39 is 59.0 Å². The Bertz CT molecular complexity index is 1580. The van der Waals surface area contributed by atoms with Crippen molar-refractivity contribution >= 4 is 33.5 Å². The van der Waals surface area contributed by atoms with E-state index in [-0.39, 0.29) is 13.0 Å². The lowest BCUT2D eigenvalue weighted by molar-refractivity contribution is -0.157. The number of alkyl halides is 3. The van der Waals surface area contributed by atoms with Crippen LogP contribution in [0.5, 0.6) is 5.75 Å². The molecule has 228 valence electrons. The van der Waals surface area contributed by atoms with E-state index in [0.717, 1.165) is 21.7 Å². The van der Waals surface area contributed by atoms with E-state index in [1.807, 2.05) is 72.8 Å². The summed E-state index contributed by atoms with van der Waals surface area (Å²) < 4.78 is 66.9. The van der Waals surface area contributed by atoms with Gasteiger partial charge in [-0.25, -0.2) is 4.39 Å². The quantitative estimate of drug-likeness (QED) is 0.151. The number of hydrogen-bond donors (Lipinski definition) is 1. The van der Waals surface area contributed by atoms with Gasteiger partial charge in [0.05, 0.1) is 23.1 Å². The summed E-state index contributed by atoms with van der Waals surface area (Å²) in [5.74, 6) is -4.59. The van der Waals surface area contributed by atoms with Crippen molar-refractivity contribution in [2.75, 3.05) is 5.32 Å². The van der Waals surface area contributed by atoms with Crippen LogP contribution >= 0.6 is 15.9 Å². The predicted molar refractivity (Wildman–Crippen MR) is 160 cm³/mol. The van der Waals surface area contributed by atoms with Gasteiger partial charge in [-0.05, 0) is 66.4 Å². The third-order valence-corrected chi connectivity index (χ3v) is 8.16. The van der Waals surface area contributed by atoms with Crippen molar-refractivity contribution < 1.29 is 36.6 Å². The average molecular weight is 670 g/mol. The lowest BCUT2D eigenvalue weighted by Crippen LogP contribution is -2.46. The zero-order valence-corrected chi connectivity index (χ0v) is 24.9. The van der Waals surface area contributed by atoms with E-state index in [1.54, 1.807) is 12.1 Å². The molecule has 0 unspecified atom stereocenters. The van der Waals surface area contributed by atoms with E-state index in [9.17, 15) is 27.2 Å². The second-order valence-electron chi connectivity index (χ2n) is 10.6. The highest BCUT2D eigenvalue weighted by Gasteiger charge is 2.48. The Morgan fingerprint density at radius 1 is 0.864 bits per heavy atom. The van der Waals surface area contributed by atoms with Gasteiger partial charge in [0.2, 0.25) is 5.91 Å². The second-order valence-corrected chi connectivity index (χ2v) is 11.5. The number of ether oxygens (including phenoxy) is 2. The van der Waals surface area contributed by atoms with E-state index >= 15 is 0 Å². The number of rotatable bonds is 8. The van der Waals surface area contributed by atoms with Crippen molar-refractivity contribution in [1.29, 1.82) is 0 Å². The molecule has 0 bridgehead atoms. The molecule has 0 saturated heterocycles. The largest absolute Gasteiger partial charge is 0.490 e. The Balaban J connectivity index is 1.49. The molecule has 0 aromatic heterocycles. The van der Waals surface area contributed by atoms with E-state index in [4.69, 9.17) is 9.47 Å². The Kier molecular flexibility index (Phi) is 9.68. The minimum atomic E-state index is -4.75. The number of hydrogen-bond acceptors (Lipinski definition) is 4. The highest BCUT2D eigenvalue weighted by Crippen LogP contribution is 2.44. The third kappa shape index (κ3) is 7.66. The van der Waals surface area contributed by atoms with Crippen molar-refractivity contribution in [1.82, 2.24) is 0 Å². The maximum absolute atomic E-state index is 14.8. The molecule has 1 fully saturated rings. The fourth-order valence-electron chi connectivity index (χ4n) is 5.52. The van der Waals surface area contributed by atoms with Crippen LogP contribution in [0.1, 0.15) is 35.4 Å². The smallest absolute Gasteiger partial charge is 0.416 e. The van der Waals surface area contributed by atoms with Gasteiger partial charge in [-0.3, -0.25) is 9.59 Å². The van der Waals surface area contributed by atoms with Crippen LogP contribution in [-0.4, -0.2) is 18.0 Å². The van der Waals surface area contributed by atoms with Crippen LogP contribution in [0.2, 0.25) is 0 Å². The molecule has 4 aromatic carbocycles. The monoisotopic (exact) mass is 669 g/mol. The molecule has 5 rings (SSSR count). The summed E-state index contributed by atoms with van der Waals surface area (Å²) in [4.78, 5) is 27.7. The topological polar surface area (TPSA) is 64.6 Å². The number of carbonyl (C=O) groups excluding carboxylic acids is 2. The van der Waals surface area contributed by atoms with E-state index in [0.29, 0.717) is 24.3 Å². The van der Waals surface area contributed by atoms with Crippen LogP contribution < -0.4 is 10.1 Å². The summed E-state index contributed by atoms with van der Waals surface area (Å²) in [7, 11) is 0. The highest BCUT2D eigenvalue weighted by atomic mass is 79.9. The highest BCUT2D eigenvalue weighted by molar-refractivity contribution is 9.10. The Morgan fingerprint density at radius 3 is 2.16 bits per heavy atom. The van der Waals surface area contributed by atoms with Gasteiger partial charge in [-0.2, -0.15) is 13.2 Å². The minimum Gasteiger partial charge on any atom is -0.490 e. The number of amides is 1. The van der Waals surface area contributed by atoms with Crippen LogP contribution in [0.25, 0.3) is 0 Å². The second kappa shape index (κ2) is 13.6. The Labute approximate surface area is 260 Å². The number of benzene rings is 4. The van der Waals surface area contributed by atoms with E-state index in [2.05, 4.69) is 21.2 Å². The van der Waals surface area contributed by atoms with Gasteiger partial charge in [-0.15, -0.1) is 0 Å². The number of carbonyl (C=O) groups is 2. The number of nitrogens with one attached hydrogen (secondary N) is 1. The average Bonchev–Trinajstić information content (AvgIpc) is 3.01. The van der Waals surface area contributed by atoms with Crippen molar-refractivity contribution in [2.24, 2.45) is 11.8 Å². The van der Waals surface area contributed by atoms with Crippen LogP contribution in [0.15, 0.2) is 108 Å². The summed E-state index contributed by atoms with van der Waals surface area (Å²) in [6, 6.07) is 27.3. The molecule has 1 aliphatic carbocycles. The minimum absolute atomic E-state index is 0.0188. The molecule has 1 N–H and O–H groups in total. The van der Waals surface area contributed by atoms with Crippen LogP contribution in [0, 0.1) is 17.7 Å². The maximum Gasteiger partial charge on any atom is 0.416 e. The standard InChI is InChI=1S/C34H28BrF4NO4/c35-24-14-11-22(12-15-24)27-18-26(44-25-9-5-2-6-10-25)19-28(31(27)33(42)43-20-21-7-3-1-4-8-21)32(41)40-30-16-13-23(17-29(30)36)34(37,38)39/h1-17,26-28,31H,18-20H2,(H,40,41)/t26-,27-,28-,31-/m1/s1. The Hall–Kier alpha value is -4.18. The summed E-state index contributed by atoms with van der Waals surface area (Å²) in [6.45, 7) is -0.0188. The first-order chi connectivity index (χ1) is 21.1. The molecule has 4 aromatic rings. The first kappa shape index (κ1) is 31.3. The molecule has 0 radical (unpaired) electrons. The van der Waals surface area contributed by atoms with Gasteiger partial charge in [0.15, 0.2) is 0 Å². The predicted octanol–water partition coefficient (Wildman–Crippen LogP) is 8.55. The summed E-state index contributed by atoms with van der Waals surface area (Å²) in [5, 5.41) is 2.43. The zero-order chi connectivity index (χ0) is 31.3. The molecule has 1 amide bonds. The van der Waals surface area contributed by atoms with Gasteiger partial charge in [0.1, 0.15) is 24.3 Å². The van der Waals surface area contributed by atoms with Crippen LogP contribution in [0.4, 0.5) is 23.2 Å². The molecular formula is C34H28BrF4NO4. The number of halogens is 5. The maximum atomic E-state index is 14.8. The fourth-order valence-corrected chi connectivity index (χ4v) is 5.78. The molecule has 5 nitrogen and oxygen atoms in total. The number of para-hydroxylation sites is 1. The van der Waals surface area contributed by atoms with Gasteiger partial charge >= 0.3 is 12.1 Å². The van der Waals surface area contributed by atoms with Crippen LogP contribution in [0.3, 0.4) is 0 Å². The van der Waals surface area contributed by atoms with Crippen molar-refractivity contribution in [2.45, 2.75) is 37.6 Å². The number of anilines is 1. The SMILES string of the molecule is O=C(OCc1ccccc1)[C@@H]1[C@@H](c2ccc(Br)cc2)C[C@@H](Oc2ccccc2)C[C@H]1C(=O)Nc1ccc(C(F)(F)F)cc1F.